The van der Waals surface area contributed by atoms with Gasteiger partial charge in [0.25, 0.3) is 5.69 Å². The summed E-state index contributed by atoms with van der Waals surface area (Å²) in [5, 5.41) is 11.3. The number of rotatable bonds is 5. The topological polar surface area (TPSA) is 76.3 Å². The van der Waals surface area contributed by atoms with Crippen molar-refractivity contribution in [3.8, 4) is 5.69 Å². The van der Waals surface area contributed by atoms with Crippen LogP contribution in [0.2, 0.25) is 0 Å². The van der Waals surface area contributed by atoms with E-state index in [4.69, 9.17) is 5.73 Å². The Hall–Kier alpha value is -3.67. The van der Waals surface area contributed by atoms with Crippen molar-refractivity contribution in [2.24, 2.45) is 0 Å². The van der Waals surface area contributed by atoms with Crippen molar-refractivity contribution in [1.82, 2.24) is 0 Å². The van der Waals surface area contributed by atoms with Crippen molar-refractivity contribution in [1.29, 1.82) is 0 Å². The first-order valence-electron chi connectivity index (χ1n) is 8.45. The van der Waals surface area contributed by atoms with Crippen molar-refractivity contribution < 1.29 is 9.49 Å². The summed E-state index contributed by atoms with van der Waals surface area (Å²) in [6.45, 7) is 0. The van der Waals surface area contributed by atoms with Gasteiger partial charge in [-0.2, -0.15) is 4.57 Å². The average Bonchev–Trinajstić information content (AvgIpc) is 2.67. The van der Waals surface area contributed by atoms with Gasteiger partial charge in [0.05, 0.1) is 4.92 Å². The highest BCUT2D eigenvalue weighted by molar-refractivity contribution is 5.70. The van der Waals surface area contributed by atoms with E-state index in [0.717, 1.165) is 16.8 Å². The Labute approximate surface area is 157 Å². The van der Waals surface area contributed by atoms with Gasteiger partial charge >= 0.3 is 5.69 Å². The third-order valence-electron chi connectivity index (χ3n) is 4.21. The van der Waals surface area contributed by atoms with Crippen molar-refractivity contribution in [2.75, 3.05) is 24.7 Å². The summed E-state index contributed by atoms with van der Waals surface area (Å²) in [5.74, 6) is 0. The third-order valence-corrected chi connectivity index (χ3v) is 4.21. The molecule has 3 rings (SSSR count). The zero-order chi connectivity index (χ0) is 19.4. The lowest BCUT2D eigenvalue weighted by Crippen LogP contribution is -2.30. The van der Waals surface area contributed by atoms with Crippen LogP contribution in [0.4, 0.5) is 17.1 Å². The molecule has 0 unspecified atom stereocenters. The lowest BCUT2D eigenvalue weighted by molar-refractivity contribution is -0.600. The molecule has 0 aliphatic heterocycles. The third kappa shape index (κ3) is 4.30. The standard InChI is InChI=1S/C21H21N4O2/c1-23(2)19-8-5-16(6-9-19)3-4-17-11-13-24(14-12-17)20-10-7-18(22)15-21(20)25(26)27/h3-15H,22H2,1-2H3/q+1. The Morgan fingerprint density at radius 1 is 0.963 bits per heavy atom. The number of pyridine rings is 1. The number of hydrogen-bond acceptors (Lipinski definition) is 4. The molecular weight excluding hydrogens is 340 g/mol. The highest BCUT2D eigenvalue weighted by Gasteiger charge is 2.22. The van der Waals surface area contributed by atoms with Crippen LogP contribution in [-0.2, 0) is 0 Å². The summed E-state index contributed by atoms with van der Waals surface area (Å²) in [5.41, 5.74) is 9.74. The van der Waals surface area contributed by atoms with Crippen LogP contribution in [0.3, 0.4) is 0 Å². The molecule has 2 aromatic carbocycles. The van der Waals surface area contributed by atoms with E-state index in [9.17, 15) is 10.1 Å². The second-order valence-corrected chi connectivity index (χ2v) is 6.36. The predicted molar refractivity (Wildman–Crippen MR) is 109 cm³/mol. The van der Waals surface area contributed by atoms with E-state index >= 15 is 0 Å². The molecule has 6 heteroatoms. The molecule has 0 saturated heterocycles. The normalized spacial score (nSPS) is 10.9. The number of aromatic nitrogens is 1. The van der Waals surface area contributed by atoms with Gasteiger partial charge in [0.15, 0.2) is 12.4 Å². The Morgan fingerprint density at radius 3 is 2.11 bits per heavy atom. The minimum absolute atomic E-state index is 0.0238. The molecule has 136 valence electrons. The largest absolute Gasteiger partial charge is 0.399 e. The molecule has 0 aliphatic rings. The van der Waals surface area contributed by atoms with E-state index in [2.05, 4.69) is 29.2 Å². The first-order chi connectivity index (χ1) is 12.9. The summed E-state index contributed by atoms with van der Waals surface area (Å²) >= 11 is 0. The van der Waals surface area contributed by atoms with Gasteiger partial charge in [-0.25, -0.2) is 0 Å². The quantitative estimate of drug-likeness (QED) is 0.325. The molecule has 2 N–H and O–H groups in total. The van der Waals surface area contributed by atoms with Crippen molar-refractivity contribution >= 4 is 29.2 Å². The van der Waals surface area contributed by atoms with Crippen molar-refractivity contribution in [3.05, 3.63) is 88.2 Å². The SMILES string of the molecule is CN(C)c1ccc(/C=C/c2cc[n+](-c3ccc(N)cc3[N+](=O)[O-])cc2)cc1. The first kappa shape index (κ1) is 18.1. The van der Waals surface area contributed by atoms with Crippen molar-refractivity contribution in [3.63, 3.8) is 0 Å². The van der Waals surface area contributed by atoms with Gasteiger partial charge in [0.1, 0.15) is 0 Å². The number of nitro groups is 1. The first-order valence-corrected chi connectivity index (χ1v) is 8.45. The molecule has 0 saturated carbocycles. The molecule has 0 bridgehead atoms. The second-order valence-electron chi connectivity index (χ2n) is 6.36. The molecule has 3 aromatic rings. The van der Waals surface area contributed by atoms with Gasteiger partial charge in [-0.15, -0.1) is 0 Å². The van der Waals surface area contributed by atoms with E-state index in [-0.39, 0.29) is 5.69 Å². The molecule has 0 spiro atoms. The fraction of sp³-hybridized carbons (Fsp3) is 0.0952. The van der Waals surface area contributed by atoms with Gasteiger partial charge in [-0.05, 0) is 29.3 Å². The Kier molecular flexibility index (Phi) is 5.17. The van der Waals surface area contributed by atoms with Crippen LogP contribution in [0.1, 0.15) is 11.1 Å². The molecule has 6 nitrogen and oxygen atoms in total. The van der Waals surface area contributed by atoms with Crippen LogP contribution in [0.25, 0.3) is 17.8 Å². The number of nitrogen functional groups attached to an aromatic ring is 1. The summed E-state index contributed by atoms with van der Waals surface area (Å²) in [7, 11) is 4.02. The summed E-state index contributed by atoms with van der Waals surface area (Å²) < 4.78 is 1.71. The summed E-state index contributed by atoms with van der Waals surface area (Å²) in [6.07, 6.45) is 7.64. The molecule has 0 aliphatic carbocycles. The monoisotopic (exact) mass is 361 g/mol. The maximum atomic E-state index is 11.3. The van der Waals surface area contributed by atoms with E-state index in [1.165, 1.54) is 6.07 Å². The zero-order valence-corrected chi connectivity index (χ0v) is 15.2. The molecular formula is C21H21N4O2+. The second kappa shape index (κ2) is 7.70. The minimum Gasteiger partial charge on any atom is -0.399 e. The average molecular weight is 361 g/mol. The Morgan fingerprint density at radius 2 is 1.56 bits per heavy atom. The summed E-state index contributed by atoms with van der Waals surface area (Å²) in [4.78, 5) is 12.9. The van der Waals surface area contributed by atoms with Crippen LogP contribution in [0, 0.1) is 10.1 Å². The van der Waals surface area contributed by atoms with Gasteiger partial charge in [-0.1, -0.05) is 24.3 Å². The van der Waals surface area contributed by atoms with Gasteiger partial charge in [-0.3, -0.25) is 10.1 Å². The maximum Gasteiger partial charge on any atom is 0.342 e. The number of nitrogens with zero attached hydrogens (tertiary/aromatic N) is 3. The van der Waals surface area contributed by atoms with Crippen LogP contribution < -0.4 is 15.2 Å². The van der Waals surface area contributed by atoms with E-state index in [1.54, 1.807) is 29.1 Å². The fourth-order valence-corrected chi connectivity index (χ4v) is 2.69. The van der Waals surface area contributed by atoms with Crippen LogP contribution >= 0.6 is 0 Å². The van der Waals surface area contributed by atoms with Crippen LogP contribution in [0.15, 0.2) is 67.0 Å². The van der Waals surface area contributed by atoms with E-state index in [0.29, 0.717) is 11.4 Å². The molecule has 1 aromatic heterocycles. The molecule has 1 heterocycles. The van der Waals surface area contributed by atoms with E-state index in [1.807, 2.05) is 38.4 Å². The maximum absolute atomic E-state index is 11.3. The minimum atomic E-state index is -0.427. The zero-order valence-electron chi connectivity index (χ0n) is 15.2. The number of nitro benzene ring substituents is 1. The highest BCUT2D eigenvalue weighted by Crippen LogP contribution is 2.21. The lowest BCUT2D eigenvalue weighted by Gasteiger charge is -2.11. The molecule has 0 amide bonds. The Bertz CT molecular complexity index is 978. The smallest absolute Gasteiger partial charge is 0.342 e. The van der Waals surface area contributed by atoms with Crippen LogP contribution in [0.5, 0.6) is 0 Å². The number of anilines is 2. The van der Waals surface area contributed by atoms with Gasteiger partial charge < -0.3 is 10.6 Å². The van der Waals surface area contributed by atoms with Gasteiger partial charge in [0, 0.05) is 49.7 Å². The molecule has 0 fully saturated rings. The fourth-order valence-electron chi connectivity index (χ4n) is 2.69. The van der Waals surface area contributed by atoms with Crippen LogP contribution in [-0.4, -0.2) is 19.0 Å². The predicted octanol–water partition coefficient (Wildman–Crippen LogP) is 3.69. The molecule has 27 heavy (non-hydrogen) atoms. The lowest BCUT2D eigenvalue weighted by atomic mass is 10.1. The number of nitrogens with two attached hydrogens (primary N) is 1. The molecule has 0 radical (unpaired) electrons. The Balaban J connectivity index is 1.81. The highest BCUT2D eigenvalue weighted by atomic mass is 16.6. The molecule has 0 atom stereocenters. The van der Waals surface area contributed by atoms with Crippen molar-refractivity contribution in [2.45, 2.75) is 0 Å². The number of hydrogen-bond donors (Lipinski definition) is 1. The summed E-state index contributed by atoms with van der Waals surface area (Å²) in [6, 6.07) is 16.7. The van der Waals surface area contributed by atoms with Gasteiger partial charge in [0.2, 0.25) is 0 Å². The number of benzene rings is 2. The van der Waals surface area contributed by atoms with E-state index < -0.39 is 4.92 Å².